The summed E-state index contributed by atoms with van der Waals surface area (Å²) in [6, 6.07) is 10.8. The number of carbonyl (C=O) groups is 1. The molecular weight excluding hydrogens is 500 g/mol. The Morgan fingerprint density at radius 2 is 1.68 bits per heavy atom. The zero-order valence-corrected chi connectivity index (χ0v) is 22.9. The molecule has 0 amide bonds. The number of hydrogen-bond donors (Lipinski definition) is 0. The highest BCUT2D eigenvalue weighted by Gasteiger charge is 2.14. The van der Waals surface area contributed by atoms with E-state index in [1.54, 1.807) is 0 Å². The van der Waals surface area contributed by atoms with Crippen LogP contribution in [-0.4, -0.2) is 47.5 Å². The predicted octanol–water partition coefficient (Wildman–Crippen LogP) is 6.24. The highest BCUT2D eigenvalue weighted by atomic mass is 32.2. The summed E-state index contributed by atoms with van der Waals surface area (Å²) in [5.74, 6) is 3.72. The van der Waals surface area contributed by atoms with Crippen molar-refractivity contribution in [1.82, 2.24) is 0 Å². The minimum Gasteiger partial charge on any atom is -0.460 e. The van der Waals surface area contributed by atoms with Crippen LogP contribution in [0.3, 0.4) is 0 Å². The van der Waals surface area contributed by atoms with Gasteiger partial charge in [-0.2, -0.15) is 11.8 Å². The summed E-state index contributed by atoms with van der Waals surface area (Å²) in [6.07, 6.45) is 15.7. The van der Waals surface area contributed by atoms with Crippen LogP contribution >= 0.6 is 11.8 Å². The second-order valence-electron chi connectivity index (χ2n) is 8.39. The van der Waals surface area contributed by atoms with Gasteiger partial charge in [-0.1, -0.05) is 87.9 Å². The third kappa shape index (κ3) is 23.3. The van der Waals surface area contributed by atoms with Gasteiger partial charge in [0.1, 0.15) is 19.3 Å². The van der Waals surface area contributed by atoms with Gasteiger partial charge < -0.3 is 14.4 Å². The maximum absolute atomic E-state index is 9.83. The van der Waals surface area contributed by atoms with Gasteiger partial charge in [-0.15, -0.1) is 20.2 Å². The average molecular weight is 543 g/mol. The maximum atomic E-state index is 9.83. The van der Waals surface area contributed by atoms with Crippen LogP contribution in [0.2, 0.25) is 0 Å². The molecule has 0 saturated heterocycles. The van der Waals surface area contributed by atoms with Gasteiger partial charge in [-0.3, -0.25) is 4.79 Å². The van der Waals surface area contributed by atoms with Crippen molar-refractivity contribution in [1.29, 1.82) is 0 Å². The Morgan fingerprint density at radius 1 is 1.05 bits per heavy atom. The molecule has 1 aliphatic rings. The van der Waals surface area contributed by atoms with E-state index in [1.807, 2.05) is 0 Å². The fourth-order valence-corrected chi connectivity index (χ4v) is 4.55. The zero-order chi connectivity index (χ0) is 27.6. The van der Waals surface area contributed by atoms with E-state index >= 15 is 0 Å². The number of unbranched alkanes of at least 4 members (excludes halogenated alkanes) is 2. The van der Waals surface area contributed by atoms with Crippen molar-refractivity contribution in [2.45, 2.75) is 77.7 Å². The van der Waals surface area contributed by atoms with Gasteiger partial charge in [0.05, 0.1) is 0 Å². The summed E-state index contributed by atoms with van der Waals surface area (Å²) in [5.41, 5.74) is 1.48. The molecule has 1 saturated carbocycles. The van der Waals surface area contributed by atoms with E-state index in [9.17, 15) is 25.0 Å². The molecule has 210 valence electrons. The van der Waals surface area contributed by atoms with E-state index in [2.05, 4.69) is 82.5 Å². The monoisotopic (exact) mass is 542 g/mol. The summed E-state index contributed by atoms with van der Waals surface area (Å²) in [6.45, 7) is 3.01. The standard InChI is InChI=1S/C15H22S.C7H14.C4H6N2O8/c1-2-6-14(7-3-1)10-12-16-13-11-15-8-4-5-9-15;1-3-5-7-6-4-2;7-3-12-4(1-13-5(8)9)2-14-6(10)11/h1-3,6-7,15H,4-5,8-13H2;3,5H,4,6-7H2,1-2H3;3-4H,1-2H2/b;5-3-;. The lowest BCUT2D eigenvalue weighted by Crippen LogP contribution is -2.27. The number of benzene rings is 1. The topological polar surface area (TPSA) is 131 Å². The second kappa shape index (κ2) is 24.9. The Morgan fingerprint density at radius 3 is 2.19 bits per heavy atom. The fourth-order valence-electron chi connectivity index (χ4n) is 3.47. The SMILES string of the molecule is C/C=C\CCCC.O=COC(CO[N+](=O)[O-])CO[N+](=O)[O-].c1ccc(CCSCCC2CCCC2)cc1. The molecule has 1 aromatic rings. The highest BCUT2D eigenvalue weighted by Crippen LogP contribution is 2.28. The van der Waals surface area contributed by atoms with Crippen LogP contribution in [0.25, 0.3) is 0 Å². The van der Waals surface area contributed by atoms with Crippen LogP contribution in [0.15, 0.2) is 42.5 Å². The predicted molar refractivity (Wildman–Crippen MR) is 145 cm³/mol. The molecule has 0 radical (unpaired) electrons. The number of rotatable bonds is 17. The summed E-state index contributed by atoms with van der Waals surface area (Å²) < 4.78 is 4.20. The lowest BCUT2D eigenvalue weighted by Gasteiger charge is -2.11. The second-order valence-corrected chi connectivity index (χ2v) is 9.62. The third-order valence-corrected chi connectivity index (χ3v) is 6.48. The van der Waals surface area contributed by atoms with Crippen molar-refractivity contribution in [3.63, 3.8) is 0 Å². The van der Waals surface area contributed by atoms with E-state index in [0.29, 0.717) is 0 Å². The van der Waals surface area contributed by atoms with Crippen LogP contribution in [-0.2, 0) is 25.6 Å². The molecule has 0 aromatic heterocycles. The van der Waals surface area contributed by atoms with E-state index in [0.717, 1.165) is 5.92 Å². The number of thioether (sulfide) groups is 1. The average Bonchev–Trinajstić information content (AvgIpc) is 3.41. The molecule has 0 spiro atoms. The summed E-state index contributed by atoms with van der Waals surface area (Å²) >= 11 is 2.13. The Balaban J connectivity index is 0.000000567. The fraction of sp³-hybridized carbons (Fsp3) is 0.654. The molecule has 0 atom stereocenters. The molecule has 1 aliphatic carbocycles. The first-order chi connectivity index (χ1) is 17.9. The van der Waals surface area contributed by atoms with Crippen molar-refractivity contribution in [3.05, 3.63) is 68.3 Å². The molecule has 1 fully saturated rings. The van der Waals surface area contributed by atoms with Gasteiger partial charge in [-0.25, -0.2) is 0 Å². The van der Waals surface area contributed by atoms with E-state index in [-0.39, 0.29) is 6.47 Å². The number of nitrogens with zero attached hydrogens (tertiary/aromatic N) is 2. The van der Waals surface area contributed by atoms with Gasteiger partial charge in [0.25, 0.3) is 16.6 Å². The molecule has 0 bridgehead atoms. The summed E-state index contributed by atoms with van der Waals surface area (Å²) in [7, 11) is 0. The number of ether oxygens (including phenoxy) is 1. The largest absolute Gasteiger partial charge is 0.460 e. The van der Waals surface area contributed by atoms with Gasteiger partial charge in [0.15, 0.2) is 0 Å². The number of allylic oxidation sites excluding steroid dienone is 2. The Hall–Kier alpha value is -2.82. The molecular formula is C26H42N2O8S. The number of hydrogen-bond acceptors (Lipinski definition) is 9. The first-order valence-electron chi connectivity index (χ1n) is 12.8. The molecule has 0 heterocycles. The third-order valence-electron chi connectivity index (χ3n) is 5.46. The van der Waals surface area contributed by atoms with E-state index < -0.39 is 29.5 Å². The smallest absolute Gasteiger partial charge is 0.294 e. The summed E-state index contributed by atoms with van der Waals surface area (Å²) in [5, 5.41) is 17.2. The van der Waals surface area contributed by atoms with Gasteiger partial charge in [-0.05, 0) is 49.2 Å². The first-order valence-corrected chi connectivity index (χ1v) is 13.9. The zero-order valence-electron chi connectivity index (χ0n) is 22.0. The molecule has 37 heavy (non-hydrogen) atoms. The van der Waals surface area contributed by atoms with Gasteiger partial charge in [0, 0.05) is 0 Å². The Bertz CT molecular complexity index is 713. The summed E-state index contributed by atoms with van der Waals surface area (Å²) in [4.78, 5) is 36.9. The highest BCUT2D eigenvalue weighted by molar-refractivity contribution is 7.99. The van der Waals surface area contributed by atoms with Crippen molar-refractivity contribution >= 4 is 18.2 Å². The molecule has 0 N–H and O–H groups in total. The molecule has 0 aliphatic heterocycles. The first kappa shape index (κ1) is 34.2. The molecule has 0 unspecified atom stereocenters. The van der Waals surface area contributed by atoms with Crippen LogP contribution in [0, 0.1) is 26.1 Å². The van der Waals surface area contributed by atoms with E-state index in [4.69, 9.17) is 0 Å². The lowest BCUT2D eigenvalue weighted by molar-refractivity contribution is -0.768. The number of aryl methyl sites for hydroxylation is 1. The van der Waals surface area contributed by atoms with Crippen molar-refractivity contribution < 1.29 is 29.4 Å². The number of carbonyl (C=O) groups excluding carboxylic acids is 1. The minimum absolute atomic E-state index is 0.0166. The van der Waals surface area contributed by atoms with Gasteiger partial charge in [0.2, 0.25) is 0 Å². The lowest BCUT2D eigenvalue weighted by atomic mass is 10.1. The van der Waals surface area contributed by atoms with Crippen LogP contribution in [0.5, 0.6) is 0 Å². The Labute approximate surface area is 224 Å². The van der Waals surface area contributed by atoms with Crippen molar-refractivity contribution in [2.75, 3.05) is 24.7 Å². The normalized spacial score (nSPS) is 12.7. The van der Waals surface area contributed by atoms with E-state index in [1.165, 1.54) is 74.9 Å². The maximum Gasteiger partial charge on any atom is 0.294 e. The molecule has 11 heteroatoms. The van der Waals surface area contributed by atoms with Crippen molar-refractivity contribution in [2.24, 2.45) is 5.92 Å². The minimum atomic E-state index is -1.19. The Kier molecular flexibility index (Phi) is 23.0. The van der Waals surface area contributed by atoms with Crippen molar-refractivity contribution in [3.8, 4) is 0 Å². The van der Waals surface area contributed by atoms with Crippen LogP contribution in [0.4, 0.5) is 0 Å². The van der Waals surface area contributed by atoms with Gasteiger partial charge >= 0.3 is 0 Å². The quantitative estimate of drug-likeness (QED) is 0.0737. The molecule has 10 nitrogen and oxygen atoms in total. The molecule has 2 rings (SSSR count). The molecule has 1 aromatic carbocycles. The van der Waals surface area contributed by atoms with Crippen LogP contribution in [0.1, 0.15) is 70.8 Å². The van der Waals surface area contributed by atoms with Crippen LogP contribution < -0.4 is 0 Å².